The number of non-ortho nitro benzene ring substituents is 1. The number of oxazole rings is 1. The van der Waals surface area contributed by atoms with Crippen LogP contribution < -0.4 is 15.4 Å². The molecule has 10 heteroatoms. The Bertz CT molecular complexity index is 1400. The number of nitrogens with one attached hydrogen (secondary N) is 2. The van der Waals surface area contributed by atoms with E-state index in [1.165, 1.54) is 29.8 Å². The van der Waals surface area contributed by atoms with Crippen molar-refractivity contribution < 1.29 is 18.9 Å². The molecule has 0 bridgehead atoms. The van der Waals surface area contributed by atoms with E-state index in [1.807, 2.05) is 18.2 Å². The summed E-state index contributed by atoms with van der Waals surface area (Å²) in [4.78, 5) is 26.9. The van der Waals surface area contributed by atoms with Gasteiger partial charge in [-0.3, -0.25) is 20.2 Å². The van der Waals surface area contributed by atoms with Crippen LogP contribution in [0, 0.1) is 10.1 Å². The summed E-state index contributed by atoms with van der Waals surface area (Å²) in [5.41, 5.74) is 4.22. The molecule has 184 valence electrons. The normalized spacial score (nSPS) is 11.6. The van der Waals surface area contributed by atoms with Gasteiger partial charge in [-0.1, -0.05) is 19.9 Å². The first-order valence-electron chi connectivity index (χ1n) is 11.3. The number of nitrogens with zero attached hydrogens (tertiary/aromatic N) is 2. The molecule has 4 aromatic rings. The Morgan fingerprint density at radius 2 is 1.86 bits per heavy atom. The van der Waals surface area contributed by atoms with Crippen molar-refractivity contribution in [1.82, 2.24) is 10.3 Å². The fourth-order valence-corrected chi connectivity index (χ4v) is 3.68. The van der Waals surface area contributed by atoms with Crippen LogP contribution in [0.3, 0.4) is 0 Å². The second kappa shape index (κ2) is 11.0. The number of amides is 1. The lowest BCUT2D eigenvalue weighted by atomic mass is 9.98. The van der Waals surface area contributed by atoms with Gasteiger partial charge in [-0.05, 0) is 78.7 Å². The minimum Gasteiger partial charge on any atom is -0.484 e. The number of carbonyl (C=O) groups is 1. The van der Waals surface area contributed by atoms with Gasteiger partial charge >= 0.3 is 0 Å². The highest BCUT2D eigenvalue weighted by Gasteiger charge is 2.12. The number of nitro groups is 1. The van der Waals surface area contributed by atoms with E-state index in [0.29, 0.717) is 23.2 Å². The minimum atomic E-state index is -0.510. The zero-order valence-electron chi connectivity index (χ0n) is 19.7. The molecule has 0 fully saturated rings. The summed E-state index contributed by atoms with van der Waals surface area (Å²) in [6.45, 7) is 4.05. The number of thiocarbonyl (C=S) groups is 1. The SMILES string of the molecule is CC[C@@H](C)c1ccc2oc(-c3ccc(NC(=S)NC(=O)COc4ccc([N+](=O)[O-])cc4)cc3)nc2c1. The number of aromatic nitrogens is 1. The van der Waals surface area contributed by atoms with E-state index in [1.54, 1.807) is 12.1 Å². The van der Waals surface area contributed by atoms with E-state index in [2.05, 4.69) is 41.6 Å². The van der Waals surface area contributed by atoms with Gasteiger partial charge in [0, 0.05) is 23.4 Å². The summed E-state index contributed by atoms with van der Waals surface area (Å²) < 4.78 is 11.2. The van der Waals surface area contributed by atoms with Crippen LogP contribution in [0.1, 0.15) is 31.7 Å². The van der Waals surface area contributed by atoms with Gasteiger partial charge in [-0.15, -0.1) is 0 Å². The van der Waals surface area contributed by atoms with Crippen LogP contribution in [0.15, 0.2) is 71.1 Å². The Morgan fingerprint density at radius 1 is 1.14 bits per heavy atom. The van der Waals surface area contributed by atoms with Gasteiger partial charge in [0.1, 0.15) is 11.3 Å². The van der Waals surface area contributed by atoms with E-state index in [9.17, 15) is 14.9 Å². The molecular formula is C26H24N4O5S. The third-order valence-electron chi connectivity index (χ3n) is 5.65. The smallest absolute Gasteiger partial charge is 0.269 e. The van der Waals surface area contributed by atoms with Crippen LogP contribution in [0.5, 0.6) is 5.75 Å². The Kier molecular flexibility index (Phi) is 7.55. The molecule has 1 aromatic heterocycles. The summed E-state index contributed by atoms with van der Waals surface area (Å²) in [7, 11) is 0. The van der Waals surface area contributed by atoms with Gasteiger partial charge in [-0.25, -0.2) is 4.98 Å². The van der Waals surface area contributed by atoms with E-state index in [4.69, 9.17) is 21.4 Å². The van der Waals surface area contributed by atoms with Crippen LogP contribution >= 0.6 is 12.2 Å². The molecule has 0 spiro atoms. The van der Waals surface area contributed by atoms with Crippen molar-refractivity contribution in [3.8, 4) is 17.2 Å². The maximum absolute atomic E-state index is 12.1. The van der Waals surface area contributed by atoms with Gasteiger partial charge in [-0.2, -0.15) is 0 Å². The predicted molar refractivity (Wildman–Crippen MR) is 141 cm³/mol. The number of ether oxygens (including phenoxy) is 1. The third-order valence-corrected chi connectivity index (χ3v) is 5.86. The Morgan fingerprint density at radius 3 is 2.53 bits per heavy atom. The maximum Gasteiger partial charge on any atom is 0.269 e. The molecule has 9 nitrogen and oxygen atoms in total. The van der Waals surface area contributed by atoms with E-state index in [0.717, 1.165) is 23.1 Å². The van der Waals surface area contributed by atoms with Crippen molar-refractivity contribution in [1.29, 1.82) is 0 Å². The molecule has 1 heterocycles. The second-order valence-corrected chi connectivity index (χ2v) is 8.58. The summed E-state index contributed by atoms with van der Waals surface area (Å²) in [6.07, 6.45) is 1.06. The van der Waals surface area contributed by atoms with Crippen LogP contribution in [-0.4, -0.2) is 27.5 Å². The molecule has 0 aliphatic carbocycles. The summed E-state index contributed by atoms with van der Waals surface area (Å²) in [6, 6.07) is 18.9. The number of fused-ring (bicyclic) bond motifs is 1. The fourth-order valence-electron chi connectivity index (χ4n) is 3.44. The average molecular weight is 505 g/mol. The molecule has 0 unspecified atom stereocenters. The predicted octanol–water partition coefficient (Wildman–Crippen LogP) is 5.81. The first-order chi connectivity index (χ1) is 17.3. The molecular weight excluding hydrogens is 480 g/mol. The third kappa shape index (κ3) is 6.02. The molecule has 0 aliphatic rings. The Balaban J connectivity index is 1.31. The van der Waals surface area contributed by atoms with E-state index >= 15 is 0 Å². The van der Waals surface area contributed by atoms with Gasteiger partial charge < -0.3 is 14.5 Å². The molecule has 1 atom stereocenters. The van der Waals surface area contributed by atoms with Gasteiger partial charge in [0.05, 0.1) is 4.92 Å². The largest absolute Gasteiger partial charge is 0.484 e. The highest BCUT2D eigenvalue weighted by molar-refractivity contribution is 7.80. The lowest BCUT2D eigenvalue weighted by Gasteiger charge is -2.10. The van der Waals surface area contributed by atoms with Gasteiger partial charge in [0.2, 0.25) is 5.89 Å². The Labute approximate surface area is 212 Å². The van der Waals surface area contributed by atoms with Gasteiger partial charge in [0.25, 0.3) is 11.6 Å². The van der Waals surface area contributed by atoms with Crippen molar-refractivity contribution >= 4 is 45.7 Å². The first kappa shape index (κ1) is 24.8. The Hall–Kier alpha value is -4.31. The number of rotatable bonds is 8. The van der Waals surface area contributed by atoms with Crippen LogP contribution in [0.25, 0.3) is 22.6 Å². The standard InChI is InChI=1S/C26H24N4O5S/c1-3-16(2)18-6-13-23-22(14-18)28-25(35-23)17-4-7-19(8-5-17)27-26(36)29-24(31)15-34-21-11-9-20(10-12-21)30(32)33/h4-14,16H,3,15H2,1-2H3,(H2,27,29,31,36)/t16-/m1/s1. The lowest BCUT2D eigenvalue weighted by molar-refractivity contribution is -0.384. The van der Waals surface area contributed by atoms with Crippen molar-refractivity contribution in [2.45, 2.75) is 26.2 Å². The second-order valence-electron chi connectivity index (χ2n) is 8.17. The van der Waals surface area contributed by atoms with Crippen molar-refractivity contribution in [2.24, 2.45) is 0 Å². The molecule has 36 heavy (non-hydrogen) atoms. The van der Waals surface area contributed by atoms with Crippen LogP contribution in [0.4, 0.5) is 11.4 Å². The van der Waals surface area contributed by atoms with Crippen molar-refractivity contribution in [2.75, 3.05) is 11.9 Å². The zero-order chi connectivity index (χ0) is 25.7. The zero-order valence-corrected chi connectivity index (χ0v) is 20.5. The number of nitro benzene ring substituents is 1. The van der Waals surface area contributed by atoms with Crippen molar-refractivity contribution in [3.05, 3.63) is 82.4 Å². The van der Waals surface area contributed by atoms with Crippen molar-refractivity contribution in [3.63, 3.8) is 0 Å². The number of carbonyl (C=O) groups excluding carboxylic acids is 1. The fraction of sp³-hybridized carbons (Fsp3) is 0.192. The quantitative estimate of drug-likeness (QED) is 0.175. The molecule has 1 amide bonds. The van der Waals surface area contributed by atoms with E-state index in [-0.39, 0.29) is 17.4 Å². The molecule has 0 saturated carbocycles. The summed E-state index contributed by atoms with van der Waals surface area (Å²) in [5.74, 6) is 0.849. The molecule has 0 aliphatic heterocycles. The number of benzene rings is 3. The van der Waals surface area contributed by atoms with Crippen LogP contribution in [0.2, 0.25) is 0 Å². The molecule has 0 saturated heterocycles. The topological polar surface area (TPSA) is 120 Å². The minimum absolute atomic E-state index is 0.0601. The number of anilines is 1. The summed E-state index contributed by atoms with van der Waals surface area (Å²) >= 11 is 5.20. The molecule has 4 rings (SSSR count). The monoisotopic (exact) mass is 504 g/mol. The molecule has 2 N–H and O–H groups in total. The van der Waals surface area contributed by atoms with E-state index < -0.39 is 10.8 Å². The highest BCUT2D eigenvalue weighted by atomic mass is 32.1. The summed E-state index contributed by atoms with van der Waals surface area (Å²) in [5, 5.41) is 16.3. The average Bonchev–Trinajstić information content (AvgIpc) is 3.31. The number of hydrogen-bond acceptors (Lipinski definition) is 7. The molecule has 0 radical (unpaired) electrons. The van der Waals surface area contributed by atoms with Gasteiger partial charge in [0.15, 0.2) is 17.3 Å². The van der Waals surface area contributed by atoms with Crippen LogP contribution in [-0.2, 0) is 4.79 Å². The first-order valence-corrected chi connectivity index (χ1v) is 11.7. The number of hydrogen-bond donors (Lipinski definition) is 2. The lowest BCUT2D eigenvalue weighted by Crippen LogP contribution is -2.37. The maximum atomic E-state index is 12.1. The highest BCUT2D eigenvalue weighted by Crippen LogP contribution is 2.28. The molecule has 3 aromatic carbocycles.